The summed E-state index contributed by atoms with van der Waals surface area (Å²) in [5.41, 5.74) is 3.22. The second kappa shape index (κ2) is 6.56. The molecule has 0 spiro atoms. The molecule has 0 heterocycles. The highest BCUT2D eigenvalue weighted by molar-refractivity contribution is 5.18. The van der Waals surface area contributed by atoms with Crippen LogP contribution in [0.1, 0.15) is 61.8 Å². The van der Waals surface area contributed by atoms with E-state index in [1.807, 2.05) is 7.05 Å². The van der Waals surface area contributed by atoms with Crippen LogP contribution in [0.2, 0.25) is 0 Å². The Morgan fingerprint density at radius 1 is 1.11 bits per heavy atom. The summed E-state index contributed by atoms with van der Waals surface area (Å²) in [4.78, 5) is 0. The van der Waals surface area contributed by atoms with Crippen molar-refractivity contribution in [2.24, 2.45) is 11.3 Å². The molecule has 1 nitrogen and oxygen atoms in total. The van der Waals surface area contributed by atoms with Gasteiger partial charge in [-0.2, -0.15) is 0 Å². The average Bonchev–Trinajstić information content (AvgIpc) is 2.26. The van der Waals surface area contributed by atoms with Gasteiger partial charge < -0.3 is 5.32 Å². The average molecular weight is 251 g/mol. The van der Waals surface area contributed by atoms with Crippen LogP contribution < -0.4 is 5.32 Å². The van der Waals surface area contributed by atoms with E-state index in [2.05, 4.69) is 72.9 Å². The second-order valence-corrected chi connectivity index (χ2v) is 6.75. The van der Waals surface area contributed by atoms with Crippen LogP contribution in [0.5, 0.6) is 0 Å². The molecule has 0 bridgehead atoms. The van der Waals surface area contributed by atoms with Gasteiger partial charge in [-0.25, -0.2) is 0 Å². The Labute approximate surface area is 115 Å². The van der Waals surface area contributed by atoms with E-state index in [0.717, 1.165) is 6.42 Å². The molecule has 0 radical (unpaired) electrons. The van der Waals surface area contributed by atoms with Crippen molar-refractivity contribution in [3.8, 4) is 0 Å². The lowest BCUT2D eigenvalue weighted by atomic mass is 9.74. The fraction of sp³-hybridized carbons (Fsp3) is 0.765. The van der Waals surface area contributed by atoms with Crippen LogP contribution >= 0.6 is 0 Å². The number of rotatable bonds is 6. The van der Waals surface area contributed by atoms with Crippen molar-refractivity contribution in [3.63, 3.8) is 0 Å². The van der Waals surface area contributed by atoms with Gasteiger partial charge in [0.2, 0.25) is 0 Å². The molecule has 0 saturated carbocycles. The predicted octanol–water partition coefficient (Wildman–Crippen LogP) is 4.95. The molecule has 1 unspecified atom stereocenters. The maximum Gasteiger partial charge on any atom is 0.0307 e. The van der Waals surface area contributed by atoms with Crippen LogP contribution in [0.4, 0.5) is 0 Å². The molecule has 0 aromatic carbocycles. The smallest absolute Gasteiger partial charge is 0.0307 e. The Hall–Kier alpha value is -0.560. The maximum atomic E-state index is 3.34. The summed E-state index contributed by atoms with van der Waals surface area (Å²) in [7, 11) is 2.01. The minimum atomic E-state index is 0.0674. The lowest BCUT2D eigenvalue weighted by Crippen LogP contribution is -2.35. The molecule has 0 fully saturated rings. The van der Waals surface area contributed by atoms with Crippen LogP contribution in [-0.4, -0.2) is 12.6 Å². The Balaban J connectivity index is 5.10. The normalized spacial score (nSPS) is 16.9. The van der Waals surface area contributed by atoms with E-state index >= 15 is 0 Å². The molecule has 0 saturated heterocycles. The Bertz CT molecular complexity index is 319. The molecule has 0 rings (SSSR count). The van der Waals surface area contributed by atoms with Gasteiger partial charge in [-0.1, -0.05) is 51.0 Å². The number of hydrogen-bond acceptors (Lipinski definition) is 1. The van der Waals surface area contributed by atoms with Crippen molar-refractivity contribution in [3.05, 3.63) is 23.3 Å². The van der Waals surface area contributed by atoms with Crippen LogP contribution in [-0.2, 0) is 0 Å². The Kier molecular flexibility index (Phi) is 6.36. The highest BCUT2D eigenvalue weighted by atomic mass is 14.9. The minimum Gasteiger partial charge on any atom is -0.311 e. The van der Waals surface area contributed by atoms with Crippen molar-refractivity contribution in [2.75, 3.05) is 7.05 Å². The summed E-state index contributed by atoms with van der Waals surface area (Å²) in [5.74, 6) is 0.548. The van der Waals surface area contributed by atoms with Gasteiger partial charge in [0.05, 0.1) is 0 Å². The highest BCUT2D eigenvalue weighted by Crippen LogP contribution is 2.35. The zero-order valence-electron chi connectivity index (χ0n) is 13.9. The largest absolute Gasteiger partial charge is 0.311 e. The molecule has 0 aliphatic heterocycles. The van der Waals surface area contributed by atoms with Gasteiger partial charge >= 0.3 is 0 Å². The van der Waals surface area contributed by atoms with Crippen LogP contribution in [0.25, 0.3) is 0 Å². The van der Waals surface area contributed by atoms with E-state index in [1.54, 1.807) is 0 Å². The molecule has 0 aromatic rings. The first-order valence-electron chi connectivity index (χ1n) is 7.12. The fourth-order valence-corrected chi connectivity index (χ4v) is 2.22. The van der Waals surface area contributed by atoms with Crippen LogP contribution in [0.15, 0.2) is 23.3 Å². The zero-order valence-corrected chi connectivity index (χ0v) is 13.9. The van der Waals surface area contributed by atoms with Gasteiger partial charge in [0.15, 0.2) is 0 Å². The quantitative estimate of drug-likeness (QED) is 0.659. The van der Waals surface area contributed by atoms with Crippen molar-refractivity contribution in [1.82, 2.24) is 5.32 Å². The first-order valence-corrected chi connectivity index (χ1v) is 7.12. The third-order valence-corrected chi connectivity index (χ3v) is 4.21. The van der Waals surface area contributed by atoms with Gasteiger partial charge in [0.1, 0.15) is 0 Å². The summed E-state index contributed by atoms with van der Waals surface area (Å²) in [5, 5.41) is 3.34. The molecule has 18 heavy (non-hydrogen) atoms. The first kappa shape index (κ1) is 17.4. The fourth-order valence-electron chi connectivity index (χ4n) is 2.22. The second-order valence-electron chi connectivity index (χ2n) is 6.75. The number of allylic oxidation sites excluding steroid dienone is 3. The SMILES string of the molecule is CC/C(C)=C/C(C)(C)C(C)/C(C)=C/C(C)(C)NC. The molecular formula is C17H33N. The summed E-state index contributed by atoms with van der Waals surface area (Å²) >= 11 is 0. The van der Waals surface area contributed by atoms with E-state index in [4.69, 9.17) is 0 Å². The van der Waals surface area contributed by atoms with Gasteiger partial charge in [0, 0.05) is 5.54 Å². The summed E-state index contributed by atoms with van der Waals surface area (Å²) in [6, 6.07) is 0. The van der Waals surface area contributed by atoms with Crippen molar-refractivity contribution in [1.29, 1.82) is 0 Å². The molecule has 0 aromatic heterocycles. The number of nitrogens with one attached hydrogen (secondary N) is 1. The van der Waals surface area contributed by atoms with E-state index in [9.17, 15) is 0 Å². The zero-order chi connectivity index (χ0) is 14.6. The molecular weight excluding hydrogens is 218 g/mol. The standard InChI is InChI=1S/C17H33N/c1-10-13(2)11-16(5,6)15(4)14(3)12-17(7,8)18-9/h11-12,15,18H,10H2,1-9H3/b13-11+,14-12+. The molecule has 0 aliphatic rings. The van der Waals surface area contributed by atoms with Crippen molar-refractivity contribution >= 4 is 0 Å². The lowest BCUT2D eigenvalue weighted by molar-refractivity contribution is 0.345. The Morgan fingerprint density at radius 3 is 2.00 bits per heavy atom. The highest BCUT2D eigenvalue weighted by Gasteiger charge is 2.26. The first-order chi connectivity index (χ1) is 8.05. The van der Waals surface area contributed by atoms with E-state index < -0.39 is 0 Å². The van der Waals surface area contributed by atoms with E-state index in [1.165, 1.54) is 11.1 Å². The van der Waals surface area contributed by atoms with Crippen LogP contribution in [0.3, 0.4) is 0 Å². The van der Waals surface area contributed by atoms with Gasteiger partial charge in [-0.3, -0.25) is 0 Å². The van der Waals surface area contributed by atoms with Crippen LogP contribution in [0, 0.1) is 11.3 Å². The molecule has 1 atom stereocenters. The monoisotopic (exact) mass is 251 g/mol. The molecule has 106 valence electrons. The third-order valence-electron chi connectivity index (χ3n) is 4.21. The van der Waals surface area contributed by atoms with E-state index in [0.29, 0.717) is 5.92 Å². The third kappa shape index (κ3) is 5.39. The van der Waals surface area contributed by atoms with E-state index in [-0.39, 0.29) is 11.0 Å². The molecule has 1 heteroatoms. The summed E-state index contributed by atoms with van der Waals surface area (Å²) in [6.07, 6.45) is 5.93. The minimum absolute atomic E-state index is 0.0674. The van der Waals surface area contributed by atoms with Crippen molar-refractivity contribution < 1.29 is 0 Å². The lowest BCUT2D eigenvalue weighted by Gasteiger charge is -2.32. The van der Waals surface area contributed by atoms with Crippen molar-refractivity contribution in [2.45, 2.75) is 67.3 Å². The van der Waals surface area contributed by atoms with Gasteiger partial charge in [-0.05, 0) is 52.5 Å². The predicted molar refractivity (Wildman–Crippen MR) is 83.9 cm³/mol. The summed E-state index contributed by atoms with van der Waals surface area (Å²) < 4.78 is 0. The molecule has 0 amide bonds. The van der Waals surface area contributed by atoms with Gasteiger partial charge in [0.25, 0.3) is 0 Å². The summed E-state index contributed by atoms with van der Waals surface area (Å²) in [6.45, 7) is 18.1. The Morgan fingerprint density at radius 2 is 1.61 bits per heavy atom. The number of hydrogen-bond donors (Lipinski definition) is 1. The topological polar surface area (TPSA) is 12.0 Å². The van der Waals surface area contributed by atoms with Gasteiger partial charge in [-0.15, -0.1) is 0 Å². The molecule has 1 N–H and O–H groups in total. The number of likely N-dealkylation sites (N-methyl/N-ethyl adjacent to an activating group) is 1. The molecule has 0 aliphatic carbocycles. The maximum absolute atomic E-state index is 3.34.